The van der Waals surface area contributed by atoms with Crippen LogP contribution in [-0.4, -0.2) is 22.5 Å². The maximum absolute atomic E-state index is 13.1. The molecule has 21 heavy (non-hydrogen) atoms. The van der Waals surface area contributed by atoms with Crippen molar-refractivity contribution in [3.8, 4) is 0 Å². The van der Waals surface area contributed by atoms with Crippen LogP contribution >= 0.6 is 22.6 Å². The van der Waals surface area contributed by atoms with Gasteiger partial charge < -0.3 is 10.4 Å². The highest BCUT2D eigenvalue weighted by atomic mass is 127. The van der Waals surface area contributed by atoms with E-state index >= 15 is 0 Å². The zero-order valence-electron chi connectivity index (χ0n) is 11.5. The van der Waals surface area contributed by atoms with E-state index < -0.39 is 17.3 Å². The van der Waals surface area contributed by atoms with Gasteiger partial charge in [-0.2, -0.15) is 0 Å². The van der Waals surface area contributed by atoms with Gasteiger partial charge in [0.05, 0.1) is 17.5 Å². The van der Waals surface area contributed by atoms with Gasteiger partial charge in [-0.3, -0.25) is 9.59 Å². The van der Waals surface area contributed by atoms with Gasteiger partial charge in [0.1, 0.15) is 5.82 Å². The Morgan fingerprint density at radius 2 is 1.95 bits per heavy atom. The van der Waals surface area contributed by atoms with Gasteiger partial charge in [0, 0.05) is 3.57 Å². The predicted molar refractivity (Wildman–Crippen MR) is 84.7 cm³/mol. The van der Waals surface area contributed by atoms with Gasteiger partial charge in [0.2, 0.25) is 0 Å². The number of carboxylic acid groups (broad SMARTS) is 1. The van der Waals surface area contributed by atoms with Crippen LogP contribution in [0.5, 0.6) is 0 Å². The third-order valence-corrected chi connectivity index (χ3v) is 4.75. The van der Waals surface area contributed by atoms with Crippen LogP contribution in [-0.2, 0) is 4.79 Å². The van der Waals surface area contributed by atoms with Crippen molar-refractivity contribution in [2.45, 2.75) is 44.1 Å². The topological polar surface area (TPSA) is 66.4 Å². The number of hydrogen-bond acceptors (Lipinski definition) is 2. The molecule has 114 valence electrons. The van der Waals surface area contributed by atoms with Gasteiger partial charge in [-0.15, -0.1) is 0 Å². The van der Waals surface area contributed by atoms with E-state index in [1.165, 1.54) is 18.2 Å². The number of aliphatic carboxylic acids is 1. The SMILES string of the molecule is O=C(O)CC1(NC(=O)c2ccc(F)cc2I)CCCCC1. The first-order valence-electron chi connectivity index (χ1n) is 6.91. The van der Waals surface area contributed by atoms with E-state index in [9.17, 15) is 14.0 Å². The van der Waals surface area contributed by atoms with Crippen molar-refractivity contribution in [3.63, 3.8) is 0 Å². The molecule has 2 rings (SSSR count). The zero-order chi connectivity index (χ0) is 15.5. The second kappa shape index (κ2) is 6.72. The summed E-state index contributed by atoms with van der Waals surface area (Å²) >= 11 is 1.91. The van der Waals surface area contributed by atoms with Crippen molar-refractivity contribution in [1.29, 1.82) is 0 Å². The molecule has 1 aromatic carbocycles. The lowest BCUT2D eigenvalue weighted by Gasteiger charge is -2.37. The van der Waals surface area contributed by atoms with E-state index in [-0.39, 0.29) is 12.3 Å². The number of carbonyl (C=O) groups excluding carboxylic acids is 1. The molecule has 1 aliphatic carbocycles. The summed E-state index contributed by atoms with van der Waals surface area (Å²) in [6.45, 7) is 0. The number of nitrogens with one attached hydrogen (secondary N) is 1. The van der Waals surface area contributed by atoms with Gasteiger partial charge in [0.15, 0.2) is 0 Å². The normalized spacial score (nSPS) is 17.2. The molecule has 2 N–H and O–H groups in total. The Morgan fingerprint density at radius 3 is 2.52 bits per heavy atom. The van der Waals surface area contributed by atoms with E-state index in [0.29, 0.717) is 22.0 Å². The third-order valence-electron chi connectivity index (χ3n) is 3.85. The Morgan fingerprint density at radius 1 is 1.29 bits per heavy atom. The van der Waals surface area contributed by atoms with Gasteiger partial charge >= 0.3 is 5.97 Å². The maximum Gasteiger partial charge on any atom is 0.305 e. The Labute approximate surface area is 136 Å². The van der Waals surface area contributed by atoms with E-state index in [1.807, 2.05) is 22.6 Å². The van der Waals surface area contributed by atoms with E-state index in [2.05, 4.69) is 5.32 Å². The molecule has 0 atom stereocenters. The molecule has 1 saturated carbocycles. The molecule has 0 spiro atoms. The number of carboxylic acids is 1. The fraction of sp³-hybridized carbons (Fsp3) is 0.467. The van der Waals surface area contributed by atoms with Gasteiger partial charge in [-0.1, -0.05) is 19.3 Å². The van der Waals surface area contributed by atoms with Gasteiger partial charge in [-0.25, -0.2) is 4.39 Å². The number of hydrogen-bond donors (Lipinski definition) is 2. The van der Waals surface area contributed by atoms with Crippen LogP contribution < -0.4 is 5.32 Å². The van der Waals surface area contributed by atoms with Crippen molar-refractivity contribution in [1.82, 2.24) is 5.32 Å². The molecule has 1 fully saturated rings. The molecule has 1 amide bonds. The summed E-state index contributed by atoms with van der Waals surface area (Å²) in [4.78, 5) is 23.5. The third kappa shape index (κ3) is 4.15. The average molecular weight is 405 g/mol. The first-order valence-corrected chi connectivity index (χ1v) is 7.99. The summed E-state index contributed by atoms with van der Waals surface area (Å²) in [6.07, 6.45) is 4.15. The summed E-state index contributed by atoms with van der Waals surface area (Å²) in [6, 6.07) is 3.96. The molecular formula is C15H17FINO3. The summed E-state index contributed by atoms with van der Waals surface area (Å²) in [5.74, 6) is -1.64. The fourth-order valence-corrected chi connectivity index (χ4v) is 3.57. The van der Waals surface area contributed by atoms with Crippen molar-refractivity contribution in [2.24, 2.45) is 0 Å². The lowest BCUT2D eigenvalue weighted by molar-refractivity contribution is -0.139. The molecule has 0 aromatic heterocycles. The molecule has 0 heterocycles. The van der Waals surface area contributed by atoms with Crippen LogP contribution in [0.2, 0.25) is 0 Å². The summed E-state index contributed by atoms with van der Waals surface area (Å²) in [7, 11) is 0. The zero-order valence-corrected chi connectivity index (χ0v) is 13.7. The number of rotatable bonds is 4. The largest absolute Gasteiger partial charge is 0.481 e. The van der Waals surface area contributed by atoms with Crippen LogP contribution in [0.15, 0.2) is 18.2 Å². The number of halogens is 2. The minimum Gasteiger partial charge on any atom is -0.481 e. The quantitative estimate of drug-likeness (QED) is 0.756. The lowest BCUT2D eigenvalue weighted by Crippen LogP contribution is -2.51. The standard InChI is InChI=1S/C15H17FINO3/c16-10-4-5-11(12(17)8-10)14(21)18-15(9-13(19)20)6-2-1-3-7-15/h4-5,8H,1-3,6-7,9H2,(H,18,21)(H,19,20). The molecule has 4 nitrogen and oxygen atoms in total. The van der Waals surface area contributed by atoms with E-state index in [0.717, 1.165) is 19.3 Å². The van der Waals surface area contributed by atoms with Crippen LogP contribution in [0.3, 0.4) is 0 Å². The van der Waals surface area contributed by atoms with Gasteiger partial charge in [-0.05, 0) is 53.6 Å². The minimum absolute atomic E-state index is 0.0729. The Balaban J connectivity index is 2.19. The van der Waals surface area contributed by atoms with Crippen LogP contribution in [0.4, 0.5) is 4.39 Å². The lowest BCUT2D eigenvalue weighted by atomic mass is 9.79. The molecule has 0 bridgehead atoms. The molecule has 0 saturated heterocycles. The molecule has 0 radical (unpaired) electrons. The highest BCUT2D eigenvalue weighted by Gasteiger charge is 2.36. The number of benzene rings is 1. The molecule has 6 heteroatoms. The van der Waals surface area contributed by atoms with Crippen molar-refractivity contribution < 1.29 is 19.1 Å². The Kier molecular flexibility index (Phi) is 5.18. The predicted octanol–water partition coefficient (Wildman–Crippen LogP) is 3.34. The second-order valence-corrected chi connectivity index (χ2v) is 6.65. The van der Waals surface area contributed by atoms with Gasteiger partial charge in [0.25, 0.3) is 5.91 Å². The molecule has 0 aliphatic heterocycles. The molecular weight excluding hydrogens is 388 g/mol. The van der Waals surface area contributed by atoms with Crippen LogP contribution in [0.1, 0.15) is 48.9 Å². The van der Waals surface area contributed by atoms with Crippen molar-refractivity contribution in [3.05, 3.63) is 33.1 Å². The van der Waals surface area contributed by atoms with Crippen LogP contribution in [0.25, 0.3) is 0 Å². The summed E-state index contributed by atoms with van der Waals surface area (Å²) in [5, 5.41) is 12.0. The second-order valence-electron chi connectivity index (χ2n) is 5.49. The first kappa shape index (κ1) is 16.2. The smallest absolute Gasteiger partial charge is 0.305 e. The minimum atomic E-state index is -0.911. The molecule has 1 aliphatic rings. The van der Waals surface area contributed by atoms with E-state index in [4.69, 9.17) is 5.11 Å². The Bertz CT molecular complexity index is 556. The average Bonchev–Trinajstić information content (AvgIpc) is 2.38. The summed E-state index contributed by atoms with van der Waals surface area (Å²) in [5.41, 5.74) is -0.300. The molecule has 0 unspecified atom stereocenters. The number of amides is 1. The highest BCUT2D eigenvalue weighted by Crippen LogP contribution is 2.31. The number of carbonyl (C=O) groups is 2. The Hall–Kier alpha value is -1.18. The monoisotopic (exact) mass is 405 g/mol. The maximum atomic E-state index is 13.1. The van der Waals surface area contributed by atoms with Crippen molar-refractivity contribution >= 4 is 34.5 Å². The van der Waals surface area contributed by atoms with Crippen LogP contribution in [0, 0.1) is 9.39 Å². The van der Waals surface area contributed by atoms with E-state index in [1.54, 1.807) is 0 Å². The fourth-order valence-electron chi connectivity index (χ4n) is 2.85. The summed E-state index contributed by atoms with van der Waals surface area (Å²) < 4.78 is 13.6. The highest BCUT2D eigenvalue weighted by molar-refractivity contribution is 14.1. The van der Waals surface area contributed by atoms with Crippen molar-refractivity contribution in [2.75, 3.05) is 0 Å². The first-order chi connectivity index (χ1) is 9.92. The molecule has 1 aromatic rings.